The summed E-state index contributed by atoms with van der Waals surface area (Å²) in [7, 11) is -2.68. The van der Waals surface area contributed by atoms with Crippen molar-refractivity contribution >= 4 is 24.9 Å². The zero-order chi connectivity index (χ0) is 28.5. The van der Waals surface area contributed by atoms with Gasteiger partial charge in [0.1, 0.15) is 30.0 Å². The van der Waals surface area contributed by atoms with Crippen LogP contribution in [0.4, 0.5) is 5.82 Å². The predicted molar refractivity (Wildman–Crippen MR) is 146 cm³/mol. The van der Waals surface area contributed by atoms with Crippen LogP contribution in [0.3, 0.4) is 0 Å². The molecule has 40 heavy (non-hydrogen) atoms. The molecule has 0 spiro atoms. The molecule has 2 aromatic heterocycles. The van der Waals surface area contributed by atoms with Crippen LogP contribution in [0.25, 0.3) is 11.0 Å². The van der Waals surface area contributed by atoms with Crippen molar-refractivity contribution in [2.45, 2.75) is 108 Å². The van der Waals surface area contributed by atoms with Crippen LogP contribution in [0.5, 0.6) is 0 Å². The van der Waals surface area contributed by atoms with Crippen LogP contribution in [0.15, 0.2) is 6.20 Å². The highest BCUT2D eigenvalue weighted by Gasteiger charge is 2.57. The van der Waals surface area contributed by atoms with Gasteiger partial charge < -0.3 is 39.0 Å². The van der Waals surface area contributed by atoms with Gasteiger partial charge in [0.25, 0.3) is 0 Å². The number of ether oxygens (including phenoxy) is 4. The van der Waals surface area contributed by atoms with Crippen LogP contribution in [-0.2, 0) is 34.5 Å². The van der Waals surface area contributed by atoms with E-state index in [0.29, 0.717) is 30.4 Å². The maximum Gasteiger partial charge on any atom is 0.224 e. The fraction of sp³-hybridized carbons (Fsp3) is 0.808. The molecule has 6 atom stereocenters. The van der Waals surface area contributed by atoms with Crippen molar-refractivity contribution in [3.63, 3.8) is 0 Å². The molecule has 0 amide bonds. The van der Waals surface area contributed by atoms with Crippen molar-refractivity contribution in [1.29, 1.82) is 0 Å². The molecular weight excluding hydrogens is 541 g/mol. The molecular formula is C26H42N5O8P. The number of aliphatic hydroxyl groups excluding tert-OH is 2. The van der Waals surface area contributed by atoms with E-state index in [-0.39, 0.29) is 19.8 Å². The van der Waals surface area contributed by atoms with E-state index in [1.807, 2.05) is 13.8 Å². The van der Waals surface area contributed by atoms with Crippen LogP contribution in [-0.4, -0.2) is 91.9 Å². The van der Waals surface area contributed by atoms with Crippen LogP contribution in [0.2, 0.25) is 0 Å². The molecule has 3 N–H and O–H groups in total. The molecule has 2 saturated heterocycles. The Labute approximate surface area is 234 Å². The number of hydrogen-bond donors (Lipinski definition) is 3. The van der Waals surface area contributed by atoms with Crippen molar-refractivity contribution < 1.29 is 38.2 Å². The summed E-state index contributed by atoms with van der Waals surface area (Å²) < 4.78 is 44.5. The summed E-state index contributed by atoms with van der Waals surface area (Å²) in [6.07, 6.45) is 5.08. The minimum absolute atomic E-state index is 0.00205. The largest absolute Gasteiger partial charge is 0.396 e. The smallest absolute Gasteiger partial charge is 0.224 e. The molecule has 1 saturated carbocycles. The van der Waals surface area contributed by atoms with Crippen LogP contribution in [0.1, 0.15) is 71.9 Å². The molecule has 14 heteroatoms. The summed E-state index contributed by atoms with van der Waals surface area (Å²) in [6.45, 7) is 6.82. The maximum atomic E-state index is 12.6. The van der Waals surface area contributed by atoms with Crippen LogP contribution >= 0.6 is 8.03 Å². The Balaban J connectivity index is 1.44. The van der Waals surface area contributed by atoms with Crippen molar-refractivity contribution in [2.75, 3.05) is 31.7 Å². The van der Waals surface area contributed by atoms with Gasteiger partial charge in [0.2, 0.25) is 8.03 Å². The summed E-state index contributed by atoms with van der Waals surface area (Å²) in [5, 5.41) is 27.0. The molecule has 0 radical (unpaired) electrons. The van der Waals surface area contributed by atoms with E-state index in [2.05, 4.69) is 10.4 Å². The van der Waals surface area contributed by atoms with Crippen LogP contribution in [0, 0.1) is 0 Å². The molecule has 4 heterocycles. The van der Waals surface area contributed by atoms with Crippen molar-refractivity contribution in [1.82, 2.24) is 19.7 Å². The first-order valence-corrected chi connectivity index (χ1v) is 15.5. The summed E-state index contributed by atoms with van der Waals surface area (Å²) in [4.78, 5) is 9.59. The lowest BCUT2D eigenvalue weighted by Crippen LogP contribution is -2.38. The van der Waals surface area contributed by atoms with Gasteiger partial charge in [-0.3, -0.25) is 4.57 Å². The van der Waals surface area contributed by atoms with E-state index in [1.54, 1.807) is 24.7 Å². The highest BCUT2D eigenvalue weighted by Crippen LogP contribution is 2.46. The number of anilines is 1. The van der Waals surface area contributed by atoms with Gasteiger partial charge in [-0.05, 0) is 47.0 Å². The van der Waals surface area contributed by atoms with Crippen LogP contribution < -0.4 is 5.32 Å². The lowest BCUT2D eigenvalue weighted by molar-refractivity contribution is -0.206. The second-order valence-corrected chi connectivity index (χ2v) is 13.2. The summed E-state index contributed by atoms with van der Waals surface area (Å²) in [5.74, 6) is 0.477. The molecule has 224 valence electrons. The highest BCUT2D eigenvalue weighted by molar-refractivity contribution is 7.40. The maximum absolute atomic E-state index is 12.6. The monoisotopic (exact) mass is 583 g/mol. The minimum Gasteiger partial charge on any atom is -0.396 e. The Morgan fingerprint density at radius 2 is 1.98 bits per heavy atom. The van der Waals surface area contributed by atoms with Crippen molar-refractivity contribution in [3.05, 3.63) is 12.0 Å². The number of rotatable bonds is 13. The average molecular weight is 584 g/mol. The number of aromatic nitrogens is 4. The topological polar surface area (TPSA) is 159 Å². The standard InChI is InChI=1S/C26H42N5O8P/c1-5-36-40(34)26(4,15-33)35-14-18-20-21(39-25(2,3)38-20)24(37-18)31-23-17(13-27-31)22(28-16-9-6-7-10-16)29-19(30-23)11-8-12-32/h13,16,18,20-21,24,32-33,40H,5-12,14-15H2,1-4H3,(H,28,29,30)/t18-,20-,21-,24-,26?/m1/s1. The van der Waals surface area contributed by atoms with Gasteiger partial charge in [-0.25, -0.2) is 14.6 Å². The number of hydrogen-bond acceptors (Lipinski definition) is 12. The second-order valence-electron chi connectivity index (χ2n) is 11.3. The molecule has 1 aliphatic carbocycles. The summed E-state index contributed by atoms with van der Waals surface area (Å²) in [5.41, 5.74) is 0.601. The zero-order valence-corrected chi connectivity index (χ0v) is 24.7. The molecule has 3 aliphatic rings. The van der Waals surface area contributed by atoms with Gasteiger partial charge in [0.05, 0.1) is 31.4 Å². The Morgan fingerprint density at radius 3 is 2.67 bits per heavy atom. The van der Waals surface area contributed by atoms with E-state index in [4.69, 9.17) is 33.4 Å². The summed E-state index contributed by atoms with van der Waals surface area (Å²) >= 11 is 0. The van der Waals surface area contributed by atoms with E-state index in [9.17, 15) is 14.8 Å². The fourth-order valence-corrected chi connectivity index (χ4v) is 6.49. The molecule has 2 aliphatic heterocycles. The Kier molecular flexibility index (Phi) is 9.13. The van der Waals surface area contributed by atoms with Crippen molar-refractivity contribution in [3.8, 4) is 0 Å². The van der Waals surface area contributed by atoms with Gasteiger partial charge in [-0.2, -0.15) is 5.10 Å². The van der Waals surface area contributed by atoms with Gasteiger partial charge in [0, 0.05) is 19.1 Å². The Bertz CT molecular complexity index is 1190. The third-order valence-electron chi connectivity index (χ3n) is 7.70. The van der Waals surface area contributed by atoms with Gasteiger partial charge >= 0.3 is 0 Å². The first kappa shape index (κ1) is 29.8. The molecule has 0 aromatic carbocycles. The minimum atomic E-state index is -2.68. The number of nitrogens with one attached hydrogen (secondary N) is 1. The van der Waals surface area contributed by atoms with E-state index < -0.39 is 50.3 Å². The first-order chi connectivity index (χ1) is 19.2. The van der Waals surface area contributed by atoms with E-state index in [0.717, 1.165) is 24.0 Å². The van der Waals surface area contributed by atoms with Gasteiger partial charge in [-0.15, -0.1) is 0 Å². The summed E-state index contributed by atoms with van der Waals surface area (Å²) in [6, 6.07) is 0.345. The normalized spacial score (nSPS) is 28.6. The van der Waals surface area contributed by atoms with Gasteiger partial charge in [-0.1, -0.05) is 12.8 Å². The molecule has 13 nitrogen and oxygen atoms in total. The molecule has 3 fully saturated rings. The quantitative estimate of drug-likeness (QED) is 0.297. The third kappa shape index (κ3) is 6.07. The SMILES string of the molecule is CCO[PH](=O)C(C)(CO)OC[C@H]1O[C@@H](n2ncc3c(NC4CCCC4)nc(CCCO)nc32)[C@@H]2OC(C)(C)O[C@@H]21. The first-order valence-electron chi connectivity index (χ1n) is 14.2. The highest BCUT2D eigenvalue weighted by atomic mass is 31.1. The Hall–Kier alpha value is -1.70. The molecule has 5 rings (SSSR count). The van der Waals surface area contributed by atoms with Crippen molar-refractivity contribution in [2.24, 2.45) is 0 Å². The number of fused-ring (bicyclic) bond motifs is 2. The number of aliphatic hydroxyl groups is 2. The molecule has 0 bridgehead atoms. The zero-order valence-electron chi connectivity index (χ0n) is 23.7. The van der Waals surface area contributed by atoms with Gasteiger partial charge in [0.15, 0.2) is 23.0 Å². The molecule has 2 aromatic rings. The Morgan fingerprint density at radius 1 is 1.23 bits per heavy atom. The van der Waals surface area contributed by atoms with E-state index in [1.165, 1.54) is 12.8 Å². The second kappa shape index (κ2) is 12.3. The fourth-order valence-electron chi connectivity index (χ4n) is 5.59. The lowest BCUT2D eigenvalue weighted by atomic mass is 10.1. The molecule has 2 unspecified atom stereocenters. The predicted octanol–water partition coefficient (Wildman–Crippen LogP) is 2.76. The van der Waals surface area contributed by atoms with E-state index >= 15 is 0 Å². The lowest BCUT2D eigenvalue weighted by Gasteiger charge is -2.29. The number of aryl methyl sites for hydroxylation is 1. The third-order valence-corrected chi connectivity index (χ3v) is 9.41. The number of nitrogens with zero attached hydrogens (tertiary/aromatic N) is 4. The average Bonchev–Trinajstić information content (AvgIpc) is 3.71.